The fourth-order valence-corrected chi connectivity index (χ4v) is 1.86. The van der Waals surface area contributed by atoms with Crippen LogP contribution in [0.4, 0.5) is 10.5 Å². The van der Waals surface area contributed by atoms with Crippen LogP contribution in [0.3, 0.4) is 0 Å². The normalized spacial score (nSPS) is 19.6. The molecule has 1 aromatic rings. The number of aliphatic hydroxyl groups excluding tert-OH is 1. The van der Waals surface area contributed by atoms with E-state index in [1.165, 1.54) is 4.90 Å². The summed E-state index contributed by atoms with van der Waals surface area (Å²) in [5.41, 5.74) is 0.751. The van der Waals surface area contributed by atoms with E-state index in [1.807, 2.05) is 31.2 Å². The predicted molar refractivity (Wildman–Crippen MR) is 66.9 cm³/mol. The fourth-order valence-electron chi connectivity index (χ4n) is 1.86. The molecule has 0 spiro atoms. The number of nitrogens with zero attached hydrogens (tertiary/aromatic N) is 1. The topological polar surface area (TPSA) is 59.0 Å². The Bertz CT molecular complexity index is 404. The van der Waals surface area contributed by atoms with Crippen molar-refractivity contribution < 1.29 is 19.4 Å². The van der Waals surface area contributed by atoms with Gasteiger partial charge in [0.2, 0.25) is 0 Å². The average Bonchev–Trinajstić information content (AvgIpc) is 2.41. The maximum atomic E-state index is 11.7. The largest absolute Gasteiger partial charge is 0.494 e. The van der Waals surface area contributed by atoms with Crippen molar-refractivity contribution in [2.24, 2.45) is 5.92 Å². The molecule has 1 fully saturated rings. The van der Waals surface area contributed by atoms with Gasteiger partial charge in [0, 0.05) is 18.2 Å². The molecule has 0 aromatic heterocycles. The van der Waals surface area contributed by atoms with E-state index in [-0.39, 0.29) is 25.2 Å². The number of hydrogen-bond acceptors (Lipinski definition) is 4. The van der Waals surface area contributed by atoms with Crippen molar-refractivity contribution in [1.29, 1.82) is 0 Å². The number of carbonyl (C=O) groups is 1. The van der Waals surface area contributed by atoms with Crippen molar-refractivity contribution in [2.45, 2.75) is 6.92 Å². The highest BCUT2D eigenvalue weighted by Gasteiger charge is 2.27. The van der Waals surface area contributed by atoms with Gasteiger partial charge in [-0.3, -0.25) is 4.90 Å². The van der Waals surface area contributed by atoms with Gasteiger partial charge in [0.25, 0.3) is 0 Å². The third kappa shape index (κ3) is 2.73. The molecule has 1 heterocycles. The zero-order valence-electron chi connectivity index (χ0n) is 10.3. The molecular weight excluding hydrogens is 234 g/mol. The molecule has 0 aliphatic carbocycles. The van der Waals surface area contributed by atoms with Crippen molar-refractivity contribution in [3.63, 3.8) is 0 Å². The third-order valence-corrected chi connectivity index (χ3v) is 2.82. The summed E-state index contributed by atoms with van der Waals surface area (Å²) >= 11 is 0. The minimum Gasteiger partial charge on any atom is -0.494 e. The summed E-state index contributed by atoms with van der Waals surface area (Å²) in [6.07, 6.45) is -0.371. The van der Waals surface area contributed by atoms with E-state index < -0.39 is 0 Å². The summed E-state index contributed by atoms with van der Waals surface area (Å²) in [4.78, 5) is 13.2. The molecule has 1 aliphatic heterocycles. The standard InChI is InChI=1S/C13H17NO4/c1-2-17-12-5-3-11(4-6-12)14-7-10(8-15)9-18-13(14)16/h3-6,10,15H,2,7-9H2,1H3. The molecule has 1 unspecified atom stereocenters. The van der Waals surface area contributed by atoms with Gasteiger partial charge in [-0.15, -0.1) is 0 Å². The Morgan fingerprint density at radius 3 is 2.78 bits per heavy atom. The minimum atomic E-state index is -0.371. The number of hydrogen-bond donors (Lipinski definition) is 1. The van der Waals surface area contributed by atoms with Crippen LogP contribution in [0.5, 0.6) is 5.75 Å². The summed E-state index contributed by atoms with van der Waals surface area (Å²) in [6, 6.07) is 7.25. The van der Waals surface area contributed by atoms with Crippen molar-refractivity contribution in [1.82, 2.24) is 0 Å². The molecule has 5 heteroatoms. The second-order valence-electron chi connectivity index (χ2n) is 4.16. The van der Waals surface area contributed by atoms with E-state index in [0.717, 1.165) is 11.4 Å². The number of benzene rings is 1. The van der Waals surface area contributed by atoms with Crippen LogP contribution >= 0.6 is 0 Å². The van der Waals surface area contributed by atoms with Crippen LogP contribution < -0.4 is 9.64 Å². The van der Waals surface area contributed by atoms with Crippen LogP contribution in [-0.2, 0) is 4.74 Å². The second kappa shape index (κ2) is 5.73. The zero-order chi connectivity index (χ0) is 13.0. The number of carbonyl (C=O) groups excluding carboxylic acids is 1. The van der Waals surface area contributed by atoms with E-state index in [0.29, 0.717) is 13.2 Å². The molecule has 1 aliphatic rings. The molecule has 5 nitrogen and oxygen atoms in total. The first-order chi connectivity index (χ1) is 8.74. The summed E-state index contributed by atoms with van der Waals surface area (Å²) in [7, 11) is 0. The Kier molecular flexibility index (Phi) is 4.04. The van der Waals surface area contributed by atoms with E-state index in [1.54, 1.807) is 0 Å². The Morgan fingerprint density at radius 2 is 2.17 bits per heavy atom. The summed E-state index contributed by atoms with van der Waals surface area (Å²) in [6.45, 7) is 3.30. The SMILES string of the molecule is CCOc1ccc(N2CC(CO)COC2=O)cc1. The Hall–Kier alpha value is -1.75. The molecule has 1 amide bonds. The average molecular weight is 251 g/mol. The van der Waals surface area contributed by atoms with E-state index >= 15 is 0 Å². The number of rotatable bonds is 4. The second-order valence-corrected chi connectivity index (χ2v) is 4.16. The molecule has 0 saturated carbocycles. The first-order valence-corrected chi connectivity index (χ1v) is 6.02. The maximum Gasteiger partial charge on any atom is 0.414 e. The molecule has 2 rings (SSSR count). The quantitative estimate of drug-likeness (QED) is 0.884. The molecule has 0 bridgehead atoms. The van der Waals surface area contributed by atoms with Crippen LogP contribution in [0, 0.1) is 5.92 Å². The zero-order valence-corrected chi connectivity index (χ0v) is 10.3. The van der Waals surface area contributed by atoms with Crippen molar-refractivity contribution in [2.75, 3.05) is 31.3 Å². The van der Waals surface area contributed by atoms with Gasteiger partial charge < -0.3 is 14.6 Å². The van der Waals surface area contributed by atoms with Gasteiger partial charge >= 0.3 is 6.09 Å². The lowest BCUT2D eigenvalue weighted by atomic mass is 10.1. The van der Waals surface area contributed by atoms with Gasteiger partial charge in [-0.25, -0.2) is 4.79 Å². The van der Waals surface area contributed by atoms with Gasteiger partial charge in [0.15, 0.2) is 0 Å². The van der Waals surface area contributed by atoms with Crippen LogP contribution in [-0.4, -0.2) is 37.6 Å². The predicted octanol–water partition coefficient (Wildman–Crippen LogP) is 1.65. The number of ether oxygens (including phenoxy) is 2. The molecule has 1 atom stereocenters. The lowest BCUT2D eigenvalue weighted by molar-refractivity contribution is 0.0900. The summed E-state index contributed by atoms with van der Waals surface area (Å²) in [5.74, 6) is 0.736. The highest BCUT2D eigenvalue weighted by Crippen LogP contribution is 2.23. The Labute approximate surface area is 106 Å². The fraction of sp³-hybridized carbons (Fsp3) is 0.462. The molecule has 1 N–H and O–H groups in total. The van der Waals surface area contributed by atoms with Gasteiger partial charge in [0.1, 0.15) is 5.75 Å². The van der Waals surface area contributed by atoms with Gasteiger partial charge in [0.05, 0.1) is 19.8 Å². The molecule has 98 valence electrons. The van der Waals surface area contributed by atoms with Crippen molar-refractivity contribution >= 4 is 11.8 Å². The van der Waals surface area contributed by atoms with Gasteiger partial charge in [-0.05, 0) is 31.2 Å². The molecule has 1 aromatic carbocycles. The van der Waals surface area contributed by atoms with Crippen LogP contribution in [0.25, 0.3) is 0 Å². The Balaban J connectivity index is 2.11. The van der Waals surface area contributed by atoms with Gasteiger partial charge in [-0.1, -0.05) is 0 Å². The van der Waals surface area contributed by atoms with E-state index in [4.69, 9.17) is 14.6 Å². The molecular formula is C13H17NO4. The molecule has 1 saturated heterocycles. The Morgan fingerprint density at radius 1 is 1.44 bits per heavy atom. The van der Waals surface area contributed by atoms with Crippen LogP contribution in [0.2, 0.25) is 0 Å². The lowest BCUT2D eigenvalue weighted by Gasteiger charge is -2.31. The molecule has 0 radical (unpaired) electrons. The van der Waals surface area contributed by atoms with Crippen molar-refractivity contribution in [3.8, 4) is 5.75 Å². The lowest BCUT2D eigenvalue weighted by Crippen LogP contribution is -2.44. The summed E-state index contributed by atoms with van der Waals surface area (Å²) in [5, 5.41) is 9.12. The van der Waals surface area contributed by atoms with Crippen molar-refractivity contribution in [3.05, 3.63) is 24.3 Å². The smallest absolute Gasteiger partial charge is 0.414 e. The highest BCUT2D eigenvalue weighted by molar-refractivity contribution is 5.88. The minimum absolute atomic E-state index is 0.0147. The maximum absolute atomic E-state index is 11.7. The number of anilines is 1. The monoisotopic (exact) mass is 251 g/mol. The summed E-state index contributed by atoms with van der Waals surface area (Å²) < 4.78 is 10.4. The van der Waals surface area contributed by atoms with E-state index in [9.17, 15) is 4.79 Å². The molecule has 18 heavy (non-hydrogen) atoms. The van der Waals surface area contributed by atoms with Crippen LogP contribution in [0.15, 0.2) is 24.3 Å². The first kappa shape index (κ1) is 12.7. The van der Waals surface area contributed by atoms with Gasteiger partial charge in [-0.2, -0.15) is 0 Å². The number of cyclic esters (lactones) is 1. The number of aliphatic hydroxyl groups is 1. The van der Waals surface area contributed by atoms with Crippen LogP contribution in [0.1, 0.15) is 6.92 Å². The third-order valence-electron chi connectivity index (χ3n) is 2.82. The van der Waals surface area contributed by atoms with E-state index in [2.05, 4.69) is 0 Å². The number of amides is 1. The highest BCUT2D eigenvalue weighted by atomic mass is 16.6. The first-order valence-electron chi connectivity index (χ1n) is 6.02.